The first kappa shape index (κ1) is 20.0. The van der Waals surface area contributed by atoms with Gasteiger partial charge in [0.2, 0.25) is 0 Å². The van der Waals surface area contributed by atoms with E-state index < -0.39 is 0 Å². The van der Waals surface area contributed by atoms with Crippen molar-refractivity contribution in [1.29, 1.82) is 0 Å². The summed E-state index contributed by atoms with van der Waals surface area (Å²) in [5.74, 6) is 5.96. The highest BCUT2D eigenvalue weighted by Crippen LogP contribution is 2.73. The first-order valence-corrected chi connectivity index (χ1v) is 12.5. The van der Waals surface area contributed by atoms with Crippen LogP contribution in [0.2, 0.25) is 0 Å². The predicted octanol–water partition coefficient (Wildman–Crippen LogP) is 8.27. The Morgan fingerprint density at radius 3 is 2.22 bits per heavy atom. The number of fused-ring (bicyclic) bond motifs is 5. The molecule has 5 rings (SSSR count). The Kier molecular flexibility index (Phi) is 4.92. The van der Waals surface area contributed by atoms with Crippen LogP contribution in [-0.4, -0.2) is 0 Å². The lowest BCUT2D eigenvalue weighted by molar-refractivity contribution is -0.0555. The molecule has 4 saturated carbocycles. The Bertz CT molecular complexity index is 601. The monoisotopic (exact) mass is 370 g/mol. The van der Waals surface area contributed by atoms with Crippen LogP contribution in [0.3, 0.4) is 0 Å². The van der Waals surface area contributed by atoms with E-state index in [-0.39, 0.29) is 0 Å². The van der Waals surface area contributed by atoms with Crippen LogP contribution in [0, 0.1) is 51.8 Å². The molecule has 0 amide bonds. The largest absolute Gasteiger partial charge is 0.0845 e. The van der Waals surface area contributed by atoms with Gasteiger partial charge in [0.25, 0.3) is 0 Å². The summed E-state index contributed by atoms with van der Waals surface area (Å²) in [7, 11) is 0. The van der Waals surface area contributed by atoms with Gasteiger partial charge in [0.05, 0.1) is 0 Å². The van der Waals surface area contributed by atoms with Crippen LogP contribution in [0.5, 0.6) is 0 Å². The van der Waals surface area contributed by atoms with E-state index in [2.05, 4.69) is 40.7 Å². The summed E-state index contributed by atoms with van der Waals surface area (Å²) in [6, 6.07) is 0. The Hall–Kier alpha value is -0.260. The molecule has 0 aliphatic heterocycles. The molecule has 0 heterocycles. The number of allylic oxidation sites excluding steroid dienone is 2. The van der Waals surface area contributed by atoms with Gasteiger partial charge in [-0.2, -0.15) is 0 Å². The van der Waals surface area contributed by atoms with E-state index in [0.29, 0.717) is 16.2 Å². The predicted molar refractivity (Wildman–Crippen MR) is 118 cm³/mol. The summed E-state index contributed by atoms with van der Waals surface area (Å²) in [6.45, 7) is 17.0. The molecule has 0 saturated heterocycles. The van der Waals surface area contributed by atoms with Gasteiger partial charge in [0.1, 0.15) is 0 Å². The van der Waals surface area contributed by atoms with Crippen molar-refractivity contribution in [2.75, 3.05) is 0 Å². The third-order valence-corrected chi connectivity index (χ3v) is 10.9. The van der Waals surface area contributed by atoms with Gasteiger partial charge in [-0.3, -0.25) is 0 Å². The minimum atomic E-state index is 0.561. The Morgan fingerprint density at radius 2 is 1.56 bits per heavy atom. The highest BCUT2D eigenvalue weighted by Gasteiger charge is 2.65. The van der Waals surface area contributed by atoms with Crippen molar-refractivity contribution in [3.05, 3.63) is 11.6 Å². The fraction of sp³-hybridized carbons (Fsp3) is 0.926. The van der Waals surface area contributed by atoms with Gasteiger partial charge in [-0.15, -0.1) is 0 Å². The topological polar surface area (TPSA) is 0 Å². The first-order chi connectivity index (χ1) is 12.8. The summed E-state index contributed by atoms with van der Waals surface area (Å²) < 4.78 is 0. The number of rotatable bonds is 1. The van der Waals surface area contributed by atoms with E-state index in [1.165, 1.54) is 51.4 Å². The smallest absolute Gasteiger partial charge is 0.00851 e. The Labute approximate surface area is 170 Å². The third kappa shape index (κ3) is 2.74. The molecule has 27 heavy (non-hydrogen) atoms. The van der Waals surface area contributed by atoms with Gasteiger partial charge in [-0.05, 0) is 110 Å². The van der Waals surface area contributed by atoms with E-state index in [1.54, 1.807) is 6.42 Å². The summed E-state index contributed by atoms with van der Waals surface area (Å²) in [6.07, 6.45) is 16.2. The molecule has 0 aromatic carbocycles. The average molecular weight is 371 g/mol. The van der Waals surface area contributed by atoms with E-state index in [9.17, 15) is 0 Å². The van der Waals surface area contributed by atoms with Crippen LogP contribution < -0.4 is 0 Å². The number of hydrogen-bond acceptors (Lipinski definition) is 0. The highest BCUT2D eigenvalue weighted by molar-refractivity contribution is 5.25. The molecule has 5 aliphatic rings. The maximum Gasteiger partial charge on any atom is -0.00851 e. The van der Waals surface area contributed by atoms with E-state index in [1.807, 2.05) is 19.4 Å². The van der Waals surface area contributed by atoms with Crippen LogP contribution in [-0.2, 0) is 0 Å². The van der Waals surface area contributed by atoms with Crippen LogP contribution in [0.25, 0.3) is 0 Å². The van der Waals surface area contributed by atoms with Gasteiger partial charge < -0.3 is 0 Å². The lowest BCUT2D eigenvalue weighted by atomic mass is 9.46. The van der Waals surface area contributed by atoms with Crippen LogP contribution >= 0.6 is 0 Å². The van der Waals surface area contributed by atoms with Crippen molar-refractivity contribution in [3.8, 4) is 0 Å². The fourth-order valence-electron chi connectivity index (χ4n) is 9.01. The maximum atomic E-state index is 2.75. The minimum Gasteiger partial charge on any atom is -0.0845 e. The quantitative estimate of drug-likeness (QED) is 0.407. The molecule has 4 fully saturated rings. The van der Waals surface area contributed by atoms with Gasteiger partial charge in [0.15, 0.2) is 0 Å². The Balaban J connectivity index is 0.000000872. The zero-order valence-corrected chi connectivity index (χ0v) is 19.4. The molecule has 0 radical (unpaired) electrons. The summed E-state index contributed by atoms with van der Waals surface area (Å²) in [4.78, 5) is 0. The van der Waals surface area contributed by atoms with Crippen molar-refractivity contribution in [1.82, 2.24) is 0 Å². The van der Waals surface area contributed by atoms with E-state index >= 15 is 0 Å². The second-order valence-electron chi connectivity index (χ2n) is 11.9. The van der Waals surface area contributed by atoms with Gasteiger partial charge >= 0.3 is 0 Å². The molecule has 7 unspecified atom stereocenters. The second-order valence-corrected chi connectivity index (χ2v) is 11.9. The standard InChI is InChI=1S/C25H40.C2H6/c1-16-10-12-23(3)18(14-16)6-7-19-20-8-9-22(25(5)15-17(25)2)24(20,4)13-11-21(19)23;1-2/h6,16-17,19-22H,7-15H2,1-5H3;1-2H3/t16-,17?,19?,20?,21?,22-,23?,24?,25?;/m0./s1. The molecule has 0 spiro atoms. The zero-order valence-electron chi connectivity index (χ0n) is 19.4. The van der Waals surface area contributed by atoms with Gasteiger partial charge in [-0.1, -0.05) is 60.1 Å². The molecule has 0 aromatic heterocycles. The lowest BCUT2D eigenvalue weighted by Gasteiger charge is -2.58. The maximum absolute atomic E-state index is 2.75. The molecular formula is C27H46. The van der Waals surface area contributed by atoms with Crippen molar-refractivity contribution in [2.24, 2.45) is 51.8 Å². The normalized spacial score (nSPS) is 56.0. The van der Waals surface area contributed by atoms with Crippen molar-refractivity contribution in [3.63, 3.8) is 0 Å². The summed E-state index contributed by atoms with van der Waals surface area (Å²) >= 11 is 0. The zero-order chi connectivity index (χ0) is 19.6. The van der Waals surface area contributed by atoms with Gasteiger partial charge in [0, 0.05) is 0 Å². The highest BCUT2D eigenvalue weighted by atomic mass is 14.7. The van der Waals surface area contributed by atoms with Crippen LogP contribution in [0.4, 0.5) is 0 Å². The molecule has 0 nitrogen and oxygen atoms in total. The lowest BCUT2D eigenvalue weighted by Crippen LogP contribution is -2.50. The van der Waals surface area contributed by atoms with Crippen LogP contribution in [0.1, 0.15) is 106 Å². The van der Waals surface area contributed by atoms with Crippen LogP contribution in [0.15, 0.2) is 11.6 Å². The summed E-state index contributed by atoms with van der Waals surface area (Å²) in [5.41, 5.74) is 3.78. The van der Waals surface area contributed by atoms with E-state index in [4.69, 9.17) is 0 Å². The van der Waals surface area contributed by atoms with Gasteiger partial charge in [-0.25, -0.2) is 0 Å². The van der Waals surface area contributed by atoms with Crippen molar-refractivity contribution >= 4 is 0 Å². The molecule has 0 bridgehead atoms. The third-order valence-electron chi connectivity index (χ3n) is 10.9. The number of hydrogen-bond donors (Lipinski definition) is 0. The molecule has 9 atom stereocenters. The molecule has 5 aliphatic carbocycles. The minimum absolute atomic E-state index is 0.561. The first-order valence-electron chi connectivity index (χ1n) is 12.5. The summed E-state index contributed by atoms with van der Waals surface area (Å²) in [5, 5.41) is 0. The van der Waals surface area contributed by atoms with E-state index in [0.717, 1.165) is 35.5 Å². The molecule has 0 aromatic rings. The Morgan fingerprint density at radius 1 is 0.852 bits per heavy atom. The van der Waals surface area contributed by atoms with Crippen molar-refractivity contribution in [2.45, 2.75) is 106 Å². The van der Waals surface area contributed by atoms with Crippen molar-refractivity contribution < 1.29 is 0 Å². The molecule has 154 valence electrons. The molecular weight excluding hydrogens is 324 g/mol. The fourth-order valence-corrected chi connectivity index (χ4v) is 9.01. The second kappa shape index (κ2) is 6.63. The molecule has 0 heteroatoms. The SMILES string of the molecule is CC.CC1CC1(C)[C@H]1CCC2C3CC=C4C[C@@H](C)CCC4(C)C3CCC21C. The molecule has 0 N–H and O–H groups in total. The average Bonchev–Trinajstić information content (AvgIpc) is 3.09.